The Labute approximate surface area is 148 Å². The Hall–Kier alpha value is -2.08. The molecule has 4 heterocycles. The highest BCUT2D eigenvalue weighted by atomic mass is 16.2. The Morgan fingerprint density at radius 2 is 2.12 bits per heavy atom. The minimum absolute atomic E-state index is 0.0551. The average Bonchev–Trinajstić information content (AvgIpc) is 3.15. The summed E-state index contributed by atoms with van der Waals surface area (Å²) in [5.74, 6) is 0. The zero-order valence-corrected chi connectivity index (χ0v) is 15.1. The van der Waals surface area contributed by atoms with Crippen LogP contribution in [0.4, 0.5) is 4.79 Å². The molecule has 0 aromatic carbocycles. The van der Waals surface area contributed by atoms with Crippen molar-refractivity contribution in [3.05, 3.63) is 36.3 Å². The highest BCUT2D eigenvalue weighted by Crippen LogP contribution is 2.31. The standard InChI is InChI=1S/C19H27N5O/c1-14(2)24-16-3-4-17(24)13-23(9-6-16)19(25)21-12-15-5-8-22-10-7-20-18(22)11-15/h5,7-8,10-11,14,16-17H,3-4,6,9,12-13H2,1-2H3,(H,21,25)/t16-,17-/m0/s1. The van der Waals surface area contributed by atoms with E-state index in [0.717, 1.165) is 30.7 Å². The van der Waals surface area contributed by atoms with Crippen LogP contribution in [0.15, 0.2) is 30.7 Å². The number of imidazole rings is 1. The SMILES string of the molecule is CC(C)N1[C@H]2CC[C@H]1CN(C(=O)NCc1ccn3ccnc3c1)CC2. The van der Waals surface area contributed by atoms with Crippen LogP contribution in [0.1, 0.15) is 38.7 Å². The van der Waals surface area contributed by atoms with Gasteiger partial charge in [-0.3, -0.25) is 4.90 Å². The van der Waals surface area contributed by atoms with Crippen molar-refractivity contribution in [1.29, 1.82) is 0 Å². The number of pyridine rings is 1. The number of urea groups is 1. The Balaban J connectivity index is 1.38. The first-order chi connectivity index (χ1) is 12.1. The maximum atomic E-state index is 12.7. The van der Waals surface area contributed by atoms with Crippen molar-refractivity contribution in [1.82, 2.24) is 24.5 Å². The molecule has 2 aliphatic heterocycles. The predicted octanol–water partition coefficient (Wildman–Crippen LogP) is 2.49. The summed E-state index contributed by atoms with van der Waals surface area (Å²) in [5.41, 5.74) is 1.98. The van der Waals surface area contributed by atoms with Crippen LogP contribution in [0.3, 0.4) is 0 Å². The lowest BCUT2D eigenvalue weighted by Gasteiger charge is -2.32. The molecule has 6 heteroatoms. The van der Waals surface area contributed by atoms with Gasteiger partial charge >= 0.3 is 6.03 Å². The number of fused-ring (bicyclic) bond motifs is 3. The molecular formula is C19H27N5O. The third kappa shape index (κ3) is 3.23. The van der Waals surface area contributed by atoms with Crippen molar-refractivity contribution in [2.24, 2.45) is 0 Å². The molecule has 2 bridgehead atoms. The molecule has 2 fully saturated rings. The van der Waals surface area contributed by atoms with Crippen LogP contribution in [0, 0.1) is 0 Å². The van der Waals surface area contributed by atoms with Crippen molar-refractivity contribution < 1.29 is 4.79 Å². The summed E-state index contributed by atoms with van der Waals surface area (Å²) in [7, 11) is 0. The summed E-state index contributed by atoms with van der Waals surface area (Å²) in [4.78, 5) is 21.6. The highest BCUT2D eigenvalue weighted by molar-refractivity contribution is 5.74. The summed E-state index contributed by atoms with van der Waals surface area (Å²) in [6.07, 6.45) is 9.26. The van der Waals surface area contributed by atoms with Gasteiger partial charge in [0.2, 0.25) is 0 Å². The molecule has 2 aromatic rings. The Morgan fingerprint density at radius 3 is 2.96 bits per heavy atom. The second kappa shape index (κ2) is 6.67. The van der Waals surface area contributed by atoms with Crippen LogP contribution in [-0.2, 0) is 6.54 Å². The number of carbonyl (C=O) groups excluding carboxylic acids is 1. The lowest BCUT2D eigenvalue weighted by atomic mass is 10.1. The lowest BCUT2D eigenvalue weighted by molar-refractivity contribution is 0.147. The smallest absolute Gasteiger partial charge is 0.317 e. The molecule has 2 atom stereocenters. The molecule has 0 saturated carbocycles. The van der Waals surface area contributed by atoms with Gasteiger partial charge < -0.3 is 14.6 Å². The fourth-order valence-electron chi connectivity index (χ4n) is 4.49. The predicted molar refractivity (Wildman–Crippen MR) is 97.4 cm³/mol. The zero-order chi connectivity index (χ0) is 17.4. The Bertz CT molecular complexity index is 755. The van der Waals surface area contributed by atoms with Crippen LogP contribution in [0.5, 0.6) is 0 Å². The summed E-state index contributed by atoms with van der Waals surface area (Å²) < 4.78 is 1.97. The molecule has 134 valence electrons. The Morgan fingerprint density at radius 1 is 1.28 bits per heavy atom. The van der Waals surface area contributed by atoms with Crippen LogP contribution in [-0.4, -0.2) is 56.4 Å². The number of hydrogen-bond donors (Lipinski definition) is 1. The number of hydrogen-bond acceptors (Lipinski definition) is 3. The van der Waals surface area contributed by atoms with Gasteiger partial charge in [-0.25, -0.2) is 9.78 Å². The van der Waals surface area contributed by atoms with Crippen molar-refractivity contribution in [3.8, 4) is 0 Å². The summed E-state index contributed by atoms with van der Waals surface area (Å²) in [5, 5.41) is 3.09. The van der Waals surface area contributed by atoms with Crippen molar-refractivity contribution in [2.45, 2.75) is 57.8 Å². The van der Waals surface area contributed by atoms with E-state index in [1.807, 2.05) is 33.8 Å². The number of amides is 2. The van der Waals surface area contributed by atoms with E-state index < -0.39 is 0 Å². The molecule has 2 saturated heterocycles. The van der Waals surface area contributed by atoms with Gasteiger partial charge in [-0.1, -0.05) is 0 Å². The van der Waals surface area contributed by atoms with Gasteiger partial charge in [0.1, 0.15) is 5.65 Å². The fourth-order valence-corrected chi connectivity index (χ4v) is 4.49. The van der Waals surface area contributed by atoms with Crippen molar-refractivity contribution in [2.75, 3.05) is 13.1 Å². The van der Waals surface area contributed by atoms with Crippen LogP contribution in [0.2, 0.25) is 0 Å². The molecule has 25 heavy (non-hydrogen) atoms. The third-order valence-corrected chi connectivity index (χ3v) is 5.63. The van der Waals surface area contributed by atoms with E-state index in [-0.39, 0.29) is 6.03 Å². The molecular weight excluding hydrogens is 314 g/mol. The van der Waals surface area contributed by atoms with Gasteiger partial charge in [0.25, 0.3) is 0 Å². The minimum Gasteiger partial charge on any atom is -0.334 e. The number of nitrogens with zero attached hydrogens (tertiary/aromatic N) is 4. The largest absolute Gasteiger partial charge is 0.334 e. The monoisotopic (exact) mass is 341 g/mol. The summed E-state index contributed by atoms with van der Waals surface area (Å²) >= 11 is 0. The zero-order valence-electron chi connectivity index (χ0n) is 15.1. The molecule has 1 N–H and O–H groups in total. The Kier molecular flexibility index (Phi) is 4.37. The first-order valence-corrected chi connectivity index (χ1v) is 9.33. The quantitative estimate of drug-likeness (QED) is 0.933. The van der Waals surface area contributed by atoms with Gasteiger partial charge in [0, 0.05) is 56.4 Å². The minimum atomic E-state index is 0.0551. The van der Waals surface area contributed by atoms with E-state index in [0.29, 0.717) is 24.7 Å². The molecule has 2 amide bonds. The van der Waals surface area contributed by atoms with Crippen LogP contribution < -0.4 is 5.32 Å². The fraction of sp³-hybridized carbons (Fsp3) is 0.579. The second-order valence-electron chi connectivity index (χ2n) is 7.55. The van der Waals surface area contributed by atoms with Crippen molar-refractivity contribution >= 4 is 11.7 Å². The maximum absolute atomic E-state index is 12.7. The molecule has 6 nitrogen and oxygen atoms in total. The number of nitrogens with one attached hydrogen (secondary N) is 1. The number of likely N-dealkylation sites (tertiary alicyclic amines) is 1. The van der Waals surface area contributed by atoms with Gasteiger partial charge in [0.15, 0.2) is 0 Å². The molecule has 0 aliphatic carbocycles. The van der Waals surface area contributed by atoms with E-state index in [1.54, 1.807) is 6.20 Å². The number of rotatable bonds is 3. The molecule has 4 rings (SSSR count). The molecule has 0 radical (unpaired) electrons. The summed E-state index contributed by atoms with van der Waals surface area (Å²) in [6.45, 7) is 6.79. The van der Waals surface area contributed by atoms with Crippen LogP contribution in [0.25, 0.3) is 5.65 Å². The van der Waals surface area contributed by atoms with E-state index >= 15 is 0 Å². The summed E-state index contributed by atoms with van der Waals surface area (Å²) in [6, 6.07) is 5.82. The topological polar surface area (TPSA) is 52.9 Å². The van der Waals surface area contributed by atoms with Gasteiger partial charge in [-0.2, -0.15) is 0 Å². The average molecular weight is 341 g/mol. The number of aromatic nitrogens is 2. The lowest BCUT2D eigenvalue weighted by Crippen LogP contribution is -2.46. The van der Waals surface area contributed by atoms with E-state index in [1.165, 1.54) is 12.8 Å². The first-order valence-electron chi connectivity index (χ1n) is 9.33. The molecule has 0 unspecified atom stereocenters. The van der Waals surface area contributed by atoms with Gasteiger partial charge in [-0.15, -0.1) is 0 Å². The highest BCUT2D eigenvalue weighted by Gasteiger charge is 2.39. The normalized spacial score (nSPS) is 24.0. The molecule has 0 spiro atoms. The maximum Gasteiger partial charge on any atom is 0.317 e. The van der Waals surface area contributed by atoms with E-state index in [2.05, 4.69) is 29.0 Å². The second-order valence-corrected chi connectivity index (χ2v) is 7.55. The van der Waals surface area contributed by atoms with Crippen LogP contribution >= 0.6 is 0 Å². The molecule has 2 aromatic heterocycles. The molecule has 2 aliphatic rings. The first kappa shape index (κ1) is 16.4. The van der Waals surface area contributed by atoms with E-state index in [9.17, 15) is 4.79 Å². The third-order valence-electron chi connectivity index (χ3n) is 5.63. The van der Waals surface area contributed by atoms with E-state index in [4.69, 9.17) is 0 Å². The van der Waals surface area contributed by atoms with Gasteiger partial charge in [-0.05, 0) is 50.8 Å². The van der Waals surface area contributed by atoms with Gasteiger partial charge in [0.05, 0.1) is 0 Å². The number of carbonyl (C=O) groups is 1. The van der Waals surface area contributed by atoms with Crippen molar-refractivity contribution in [3.63, 3.8) is 0 Å².